The minimum absolute atomic E-state index is 0.0379. The van der Waals surface area contributed by atoms with Gasteiger partial charge in [0, 0.05) is 36.4 Å². The van der Waals surface area contributed by atoms with E-state index in [4.69, 9.17) is 4.74 Å². The number of benzene rings is 1. The van der Waals surface area contributed by atoms with Crippen molar-refractivity contribution in [1.82, 2.24) is 10.3 Å². The molecular weight excluding hydrogens is 357 g/mol. The van der Waals surface area contributed by atoms with Gasteiger partial charge in [-0.3, -0.25) is 9.78 Å². The van der Waals surface area contributed by atoms with Crippen molar-refractivity contribution in [3.63, 3.8) is 0 Å². The van der Waals surface area contributed by atoms with Gasteiger partial charge in [-0.15, -0.1) is 0 Å². The van der Waals surface area contributed by atoms with Crippen LogP contribution in [0.3, 0.4) is 0 Å². The molecular formula is C20H21F3N2O2. The second-order valence-corrected chi connectivity index (χ2v) is 6.98. The molecule has 1 fully saturated rings. The standard InChI is InChI=1S/C20H21F3N2O2/c1-27-13-19(9-2-10-19)12-25-18(26)15-5-3-14(4-6-15)16-7-8-17(24-11-16)20(21,22)23/h3-8,11H,2,9-10,12-13H2,1H3,(H,25,26). The first kappa shape index (κ1) is 19.4. The van der Waals surface area contributed by atoms with Crippen molar-refractivity contribution < 1.29 is 22.7 Å². The van der Waals surface area contributed by atoms with Gasteiger partial charge in [0.05, 0.1) is 6.61 Å². The summed E-state index contributed by atoms with van der Waals surface area (Å²) < 4.78 is 43.0. The van der Waals surface area contributed by atoms with Crippen LogP contribution in [0.5, 0.6) is 0 Å². The van der Waals surface area contributed by atoms with Crippen LogP contribution >= 0.6 is 0 Å². The van der Waals surface area contributed by atoms with E-state index in [1.807, 2.05) is 0 Å². The maximum Gasteiger partial charge on any atom is 0.433 e. The Balaban J connectivity index is 1.63. The van der Waals surface area contributed by atoms with Gasteiger partial charge in [0.25, 0.3) is 5.91 Å². The summed E-state index contributed by atoms with van der Waals surface area (Å²) in [5, 5.41) is 2.95. The first-order chi connectivity index (χ1) is 12.8. The van der Waals surface area contributed by atoms with Crippen LogP contribution in [-0.2, 0) is 10.9 Å². The molecule has 144 valence electrons. The van der Waals surface area contributed by atoms with Crippen LogP contribution < -0.4 is 5.32 Å². The molecule has 0 radical (unpaired) electrons. The minimum atomic E-state index is -4.46. The largest absolute Gasteiger partial charge is 0.433 e. The van der Waals surface area contributed by atoms with Crippen molar-refractivity contribution in [2.45, 2.75) is 25.4 Å². The Kier molecular flexibility index (Phi) is 5.51. The molecule has 2 aromatic rings. The summed E-state index contributed by atoms with van der Waals surface area (Å²) >= 11 is 0. The molecule has 1 N–H and O–H groups in total. The van der Waals surface area contributed by atoms with Crippen LogP contribution in [0.25, 0.3) is 11.1 Å². The van der Waals surface area contributed by atoms with E-state index in [1.165, 1.54) is 12.3 Å². The van der Waals surface area contributed by atoms with E-state index < -0.39 is 11.9 Å². The number of hydrogen-bond acceptors (Lipinski definition) is 3. The Morgan fingerprint density at radius 2 is 1.81 bits per heavy atom. The van der Waals surface area contributed by atoms with Crippen LogP contribution in [-0.4, -0.2) is 31.2 Å². The molecule has 1 saturated carbocycles. The smallest absolute Gasteiger partial charge is 0.384 e. The highest BCUT2D eigenvalue weighted by atomic mass is 19.4. The van der Waals surface area contributed by atoms with Gasteiger partial charge < -0.3 is 10.1 Å². The van der Waals surface area contributed by atoms with Crippen molar-refractivity contribution in [3.8, 4) is 11.1 Å². The molecule has 0 atom stereocenters. The van der Waals surface area contributed by atoms with E-state index in [0.717, 1.165) is 25.3 Å². The quantitative estimate of drug-likeness (QED) is 0.815. The highest BCUT2D eigenvalue weighted by molar-refractivity contribution is 5.94. The van der Waals surface area contributed by atoms with Gasteiger partial charge in [0.15, 0.2) is 0 Å². The molecule has 0 unspecified atom stereocenters. The van der Waals surface area contributed by atoms with E-state index in [9.17, 15) is 18.0 Å². The Morgan fingerprint density at radius 1 is 1.15 bits per heavy atom. The normalized spacial score (nSPS) is 15.9. The number of aromatic nitrogens is 1. The molecule has 0 aliphatic heterocycles. The van der Waals surface area contributed by atoms with Gasteiger partial charge >= 0.3 is 6.18 Å². The minimum Gasteiger partial charge on any atom is -0.384 e. The van der Waals surface area contributed by atoms with Crippen molar-refractivity contribution in [2.75, 3.05) is 20.3 Å². The molecule has 0 spiro atoms. The molecule has 0 bridgehead atoms. The Labute approximate surface area is 155 Å². The Bertz CT molecular complexity index is 782. The summed E-state index contributed by atoms with van der Waals surface area (Å²) in [6, 6.07) is 9.04. The number of ether oxygens (including phenoxy) is 1. The first-order valence-electron chi connectivity index (χ1n) is 8.74. The van der Waals surface area contributed by atoms with Crippen LogP contribution in [0.4, 0.5) is 13.2 Å². The van der Waals surface area contributed by atoms with Gasteiger partial charge in [-0.2, -0.15) is 13.2 Å². The third-order valence-electron chi connectivity index (χ3n) is 5.02. The lowest BCUT2D eigenvalue weighted by Crippen LogP contribution is -2.45. The van der Waals surface area contributed by atoms with Crippen LogP contribution in [0, 0.1) is 5.41 Å². The van der Waals surface area contributed by atoms with E-state index >= 15 is 0 Å². The summed E-state index contributed by atoms with van der Waals surface area (Å²) in [5.74, 6) is -0.172. The molecule has 1 aliphatic rings. The Hall–Kier alpha value is -2.41. The molecule has 27 heavy (non-hydrogen) atoms. The van der Waals surface area contributed by atoms with E-state index in [0.29, 0.717) is 29.8 Å². The molecule has 1 aromatic heterocycles. The fourth-order valence-electron chi connectivity index (χ4n) is 3.27. The van der Waals surface area contributed by atoms with Crippen LogP contribution in [0.1, 0.15) is 35.3 Å². The van der Waals surface area contributed by atoms with Gasteiger partial charge in [-0.05, 0) is 36.6 Å². The number of methoxy groups -OCH3 is 1. The van der Waals surface area contributed by atoms with Crippen molar-refractivity contribution >= 4 is 5.91 Å². The highest BCUT2D eigenvalue weighted by Gasteiger charge is 2.37. The van der Waals surface area contributed by atoms with Gasteiger partial charge in [0.1, 0.15) is 5.69 Å². The predicted octanol–water partition coefficient (Wildman–Crippen LogP) is 4.31. The van der Waals surface area contributed by atoms with Gasteiger partial charge in [0.2, 0.25) is 0 Å². The predicted molar refractivity (Wildman–Crippen MR) is 95.2 cm³/mol. The van der Waals surface area contributed by atoms with Crippen LogP contribution in [0.2, 0.25) is 0 Å². The number of amides is 1. The third kappa shape index (κ3) is 4.47. The number of hydrogen-bond donors (Lipinski definition) is 1. The van der Waals surface area contributed by atoms with Gasteiger partial charge in [-0.1, -0.05) is 24.6 Å². The number of nitrogens with one attached hydrogen (secondary N) is 1. The molecule has 1 aliphatic carbocycles. The summed E-state index contributed by atoms with van der Waals surface area (Å²) in [6.45, 7) is 1.21. The van der Waals surface area contributed by atoms with E-state index in [1.54, 1.807) is 31.4 Å². The maximum atomic E-state index is 12.6. The zero-order chi connectivity index (χ0) is 19.5. The second kappa shape index (κ2) is 7.68. The monoisotopic (exact) mass is 378 g/mol. The molecule has 1 aromatic carbocycles. The van der Waals surface area contributed by atoms with Gasteiger partial charge in [-0.25, -0.2) is 0 Å². The fraction of sp³-hybridized carbons (Fsp3) is 0.400. The first-order valence-corrected chi connectivity index (χ1v) is 8.74. The summed E-state index contributed by atoms with van der Waals surface area (Å²) in [6.07, 6.45) is -0.0405. The number of nitrogens with zero attached hydrogens (tertiary/aromatic N) is 1. The number of alkyl halides is 3. The number of pyridine rings is 1. The summed E-state index contributed by atoms with van der Waals surface area (Å²) in [5.41, 5.74) is 0.871. The summed E-state index contributed by atoms with van der Waals surface area (Å²) in [4.78, 5) is 15.8. The number of carbonyl (C=O) groups is 1. The second-order valence-electron chi connectivity index (χ2n) is 6.98. The lowest BCUT2D eigenvalue weighted by molar-refractivity contribution is -0.141. The van der Waals surface area contributed by atoms with Crippen molar-refractivity contribution in [3.05, 3.63) is 53.9 Å². The van der Waals surface area contributed by atoms with Crippen LogP contribution in [0.15, 0.2) is 42.6 Å². The zero-order valence-corrected chi connectivity index (χ0v) is 15.0. The highest BCUT2D eigenvalue weighted by Crippen LogP contribution is 2.40. The van der Waals surface area contributed by atoms with Crippen molar-refractivity contribution in [1.29, 1.82) is 0 Å². The molecule has 0 saturated heterocycles. The molecule has 3 rings (SSSR count). The third-order valence-corrected chi connectivity index (χ3v) is 5.02. The zero-order valence-electron chi connectivity index (χ0n) is 15.0. The number of rotatable bonds is 6. The maximum absolute atomic E-state index is 12.6. The lowest BCUT2D eigenvalue weighted by Gasteiger charge is -2.41. The number of halogens is 3. The topological polar surface area (TPSA) is 51.2 Å². The average Bonchev–Trinajstić information content (AvgIpc) is 2.63. The Morgan fingerprint density at radius 3 is 2.30 bits per heavy atom. The van der Waals surface area contributed by atoms with Crippen molar-refractivity contribution in [2.24, 2.45) is 5.41 Å². The van der Waals surface area contributed by atoms with E-state index in [-0.39, 0.29) is 11.3 Å². The SMILES string of the molecule is COCC1(CNC(=O)c2ccc(-c3ccc(C(F)(F)F)nc3)cc2)CCC1. The van der Waals surface area contributed by atoms with E-state index in [2.05, 4.69) is 10.3 Å². The molecule has 4 nitrogen and oxygen atoms in total. The number of carbonyl (C=O) groups excluding carboxylic acids is 1. The molecule has 1 heterocycles. The molecule has 7 heteroatoms. The summed E-state index contributed by atoms with van der Waals surface area (Å²) in [7, 11) is 1.66. The lowest BCUT2D eigenvalue weighted by atomic mass is 9.69. The average molecular weight is 378 g/mol. The fourth-order valence-corrected chi connectivity index (χ4v) is 3.27. The molecule has 1 amide bonds.